The number of sulfone groups is 1. The highest BCUT2D eigenvalue weighted by molar-refractivity contribution is 7.92. The van der Waals surface area contributed by atoms with E-state index in [0.717, 1.165) is 0 Å². The zero-order valence-corrected chi connectivity index (χ0v) is 14.5. The predicted molar refractivity (Wildman–Crippen MR) is 88.2 cm³/mol. The van der Waals surface area contributed by atoms with Gasteiger partial charge in [-0.1, -0.05) is 0 Å². The summed E-state index contributed by atoms with van der Waals surface area (Å²) in [6, 6.07) is 4.43. The molecule has 1 aromatic carbocycles. The number of carbonyl (C=O) groups is 3. The first-order valence-electron chi connectivity index (χ1n) is 7.55. The van der Waals surface area contributed by atoms with Crippen molar-refractivity contribution < 1.29 is 27.5 Å². The van der Waals surface area contributed by atoms with E-state index in [1.165, 1.54) is 35.9 Å². The average molecular weight is 367 g/mol. The van der Waals surface area contributed by atoms with Crippen LogP contribution in [0.5, 0.6) is 0 Å². The number of cyclic esters (lactones) is 1. The van der Waals surface area contributed by atoms with Gasteiger partial charge in [-0.25, -0.2) is 13.2 Å². The topological polar surface area (TPSA) is 113 Å². The number of anilines is 2. The smallest absolute Gasteiger partial charge is 0.414 e. The number of ether oxygens (including phenoxy) is 1. The number of benzene rings is 1. The molecule has 0 saturated carbocycles. The lowest BCUT2D eigenvalue weighted by atomic mass is 10.2. The van der Waals surface area contributed by atoms with E-state index >= 15 is 0 Å². The lowest BCUT2D eigenvalue weighted by Gasteiger charge is -2.26. The molecule has 1 aromatic rings. The van der Waals surface area contributed by atoms with Crippen molar-refractivity contribution in [2.45, 2.75) is 17.9 Å². The third-order valence-electron chi connectivity index (χ3n) is 4.09. The van der Waals surface area contributed by atoms with Crippen LogP contribution in [0.1, 0.15) is 6.92 Å². The molecule has 2 aliphatic heterocycles. The molecule has 0 spiro atoms. The number of carbonyl (C=O) groups excluding carboxylic acids is 3. The van der Waals surface area contributed by atoms with Crippen LogP contribution in [0.15, 0.2) is 23.1 Å². The number of hydrogen-bond donors (Lipinski definition) is 1. The van der Waals surface area contributed by atoms with Gasteiger partial charge >= 0.3 is 6.09 Å². The van der Waals surface area contributed by atoms with Gasteiger partial charge < -0.3 is 15.0 Å². The molecule has 0 unspecified atom stereocenters. The zero-order chi connectivity index (χ0) is 18.4. The second-order valence-electron chi connectivity index (χ2n) is 5.92. The Morgan fingerprint density at radius 3 is 2.76 bits per heavy atom. The van der Waals surface area contributed by atoms with Gasteiger partial charge in [-0.05, 0) is 18.2 Å². The fraction of sp³-hybridized carbons (Fsp3) is 0.400. The minimum absolute atomic E-state index is 0.00482. The normalized spacial score (nSPS) is 21.8. The van der Waals surface area contributed by atoms with Gasteiger partial charge in [0.15, 0.2) is 9.84 Å². The Labute approximate surface area is 144 Å². The van der Waals surface area contributed by atoms with Crippen molar-refractivity contribution in [2.75, 3.05) is 35.7 Å². The Morgan fingerprint density at radius 2 is 2.08 bits per heavy atom. The molecule has 10 heteroatoms. The van der Waals surface area contributed by atoms with Crippen LogP contribution in [0.25, 0.3) is 0 Å². The van der Waals surface area contributed by atoms with Gasteiger partial charge in [-0.15, -0.1) is 0 Å². The quantitative estimate of drug-likeness (QED) is 0.798. The van der Waals surface area contributed by atoms with Crippen molar-refractivity contribution in [3.8, 4) is 0 Å². The number of amides is 3. The highest BCUT2D eigenvalue weighted by Crippen LogP contribution is 2.34. The Kier molecular flexibility index (Phi) is 4.15. The standard InChI is InChI=1S/C15H17N3O6S/c1-9(19)16-6-11-7-18(15(21)24-11)10-3-4-12-13(5-10)25(22,23)8-14(20)17(12)2/h3-5,11H,6-8H2,1-2H3,(H,16,19)/t11-/m0/s1. The summed E-state index contributed by atoms with van der Waals surface area (Å²) in [4.78, 5) is 37.4. The number of nitrogens with one attached hydrogen (secondary N) is 1. The predicted octanol–water partition coefficient (Wildman–Crippen LogP) is -0.102. The lowest BCUT2D eigenvalue weighted by Crippen LogP contribution is -2.38. The third kappa shape index (κ3) is 3.16. The van der Waals surface area contributed by atoms with Gasteiger partial charge in [0, 0.05) is 19.7 Å². The Morgan fingerprint density at radius 1 is 1.36 bits per heavy atom. The molecule has 3 rings (SSSR count). The van der Waals surface area contributed by atoms with Crippen LogP contribution in [0.3, 0.4) is 0 Å². The van der Waals surface area contributed by atoms with Gasteiger partial charge in [0.25, 0.3) is 0 Å². The van der Waals surface area contributed by atoms with Crippen molar-refractivity contribution in [1.29, 1.82) is 0 Å². The van der Waals surface area contributed by atoms with Crippen LogP contribution in [-0.4, -0.2) is 58.3 Å². The van der Waals surface area contributed by atoms with Gasteiger partial charge in [-0.3, -0.25) is 14.5 Å². The van der Waals surface area contributed by atoms with Crippen LogP contribution in [0.2, 0.25) is 0 Å². The van der Waals surface area contributed by atoms with Crippen molar-refractivity contribution in [3.05, 3.63) is 18.2 Å². The fourth-order valence-electron chi connectivity index (χ4n) is 2.76. The van der Waals surface area contributed by atoms with Crippen LogP contribution < -0.4 is 15.1 Å². The maximum Gasteiger partial charge on any atom is 0.414 e. The molecule has 3 amide bonds. The van der Waals surface area contributed by atoms with E-state index in [9.17, 15) is 22.8 Å². The van der Waals surface area contributed by atoms with E-state index < -0.39 is 33.7 Å². The van der Waals surface area contributed by atoms with Crippen molar-refractivity contribution in [2.24, 2.45) is 0 Å². The maximum absolute atomic E-state index is 12.3. The summed E-state index contributed by atoms with van der Waals surface area (Å²) in [6.45, 7) is 1.73. The van der Waals surface area contributed by atoms with Crippen molar-refractivity contribution >= 4 is 39.1 Å². The molecular formula is C15H17N3O6S. The molecular weight excluding hydrogens is 350 g/mol. The second kappa shape index (κ2) is 6.03. The molecule has 2 aliphatic rings. The minimum Gasteiger partial charge on any atom is -0.442 e. The summed E-state index contributed by atoms with van der Waals surface area (Å²) < 4.78 is 29.8. The van der Waals surface area contributed by atoms with Gasteiger partial charge in [0.1, 0.15) is 11.9 Å². The summed E-state index contributed by atoms with van der Waals surface area (Å²) in [6.07, 6.45) is -1.14. The SMILES string of the molecule is CC(=O)NC[C@H]1CN(c2ccc3c(c2)S(=O)(=O)CC(=O)N3C)C(=O)O1. The summed E-state index contributed by atoms with van der Waals surface area (Å²) >= 11 is 0. The Balaban J connectivity index is 1.89. The molecule has 25 heavy (non-hydrogen) atoms. The molecule has 1 saturated heterocycles. The molecule has 9 nitrogen and oxygen atoms in total. The number of nitrogens with zero attached hydrogens (tertiary/aromatic N) is 2. The Bertz CT molecular complexity index is 866. The van der Waals surface area contributed by atoms with Crippen LogP contribution in [0.4, 0.5) is 16.2 Å². The minimum atomic E-state index is -3.76. The first kappa shape index (κ1) is 17.2. The third-order valence-corrected chi connectivity index (χ3v) is 5.72. The second-order valence-corrected chi connectivity index (χ2v) is 7.88. The summed E-state index contributed by atoms with van der Waals surface area (Å²) in [5.41, 5.74) is 0.641. The number of fused-ring (bicyclic) bond motifs is 1. The molecule has 0 bridgehead atoms. The highest BCUT2D eigenvalue weighted by atomic mass is 32.2. The van der Waals surface area contributed by atoms with E-state index in [-0.39, 0.29) is 29.6 Å². The van der Waals surface area contributed by atoms with Crippen LogP contribution >= 0.6 is 0 Å². The Hall–Kier alpha value is -2.62. The fourth-order valence-corrected chi connectivity index (χ4v) is 4.26. The number of hydrogen-bond acceptors (Lipinski definition) is 6. The molecule has 134 valence electrons. The molecule has 1 N–H and O–H groups in total. The largest absolute Gasteiger partial charge is 0.442 e. The summed E-state index contributed by atoms with van der Waals surface area (Å²) in [5.74, 6) is -1.34. The van der Waals surface area contributed by atoms with Gasteiger partial charge in [0.05, 0.1) is 23.7 Å². The average Bonchev–Trinajstić information content (AvgIpc) is 2.91. The molecule has 2 heterocycles. The molecule has 0 aliphatic carbocycles. The molecule has 0 aromatic heterocycles. The maximum atomic E-state index is 12.3. The highest BCUT2D eigenvalue weighted by Gasteiger charge is 2.36. The summed E-state index contributed by atoms with van der Waals surface area (Å²) in [5, 5.41) is 2.57. The first-order valence-corrected chi connectivity index (χ1v) is 9.20. The number of rotatable bonds is 3. The van der Waals surface area contributed by atoms with E-state index in [1.807, 2.05) is 0 Å². The van der Waals surface area contributed by atoms with Gasteiger partial charge in [-0.2, -0.15) is 0 Å². The van der Waals surface area contributed by atoms with E-state index in [4.69, 9.17) is 4.74 Å². The van der Waals surface area contributed by atoms with E-state index in [1.54, 1.807) is 6.07 Å². The molecule has 0 radical (unpaired) electrons. The summed E-state index contributed by atoms with van der Waals surface area (Å²) in [7, 11) is -2.25. The van der Waals surface area contributed by atoms with Gasteiger partial charge in [0.2, 0.25) is 11.8 Å². The lowest BCUT2D eigenvalue weighted by molar-refractivity contribution is -0.119. The zero-order valence-electron chi connectivity index (χ0n) is 13.7. The molecule has 1 fully saturated rings. The monoisotopic (exact) mass is 367 g/mol. The van der Waals surface area contributed by atoms with E-state index in [2.05, 4.69) is 5.32 Å². The van der Waals surface area contributed by atoms with Crippen LogP contribution in [-0.2, 0) is 24.2 Å². The van der Waals surface area contributed by atoms with Crippen LogP contribution in [0, 0.1) is 0 Å². The van der Waals surface area contributed by atoms with Crippen molar-refractivity contribution in [3.63, 3.8) is 0 Å². The first-order chi connectivity index (χ1) is 11.7. The molecule has 1 atom stereocenters. The van der Waals surface area contributed by atoms with E-state index in [0.29, 0.717) is 5.69 Å². The van der Waals surface area contributed by atoms with Crippen molar-refractivity contribution in [1.82, 2.24) is 5.32 Å².